The fraction of sp³-hybridized carbons (Fsp3) is 0.857. The molecule has 9 heteroatoms. The van der Waals surface area contributed by atoms with E-state index in [1.165, 1.54) is 0 Å². The summed E-state index contributed by atoms with van der Waals surface area (Å²) in [7, 11) is 0. The van der Waals surface area contributed by atoms with E-state index in [2.05, 4.69) is 0 Å². The maximum Gasteiger partial charge on any atom is 0.324 e. The van der Waals surface area contributed by atoms with Gasteiger partial charge in [-0.15, -0.1) is 0 Å². The van der Waals surface area contributed by atoms with Crippen LogP contribution in [-0.2, 0) is 0 Å². The molecule has 0 aliphatic carbocycles. The molecule has 0 N–H and O–H groups in total. The van der Waals surface area contributed by atoms with Gasteiger partial charge in [-0.05, 0) is 62.3 Å². The van der Waals surface area contributed by atoms with E-state index in [1.807, 2.05) is 77.0 Å². The maximum absolute atomic E-state index is 13.7. The summed E-state index contributed by atoms with van der Waals surface area (Å²) in [5, 5.41) is 0. The minimum Gasteiger partial charge on any atom is -0.316 e. The van der Waals surface area contributed by atoms with Gasteiger partial charge in [0.05, 0.1) is 16.6 Å². The van der Waals surface area contributed by atoms with Crippen LogP contribution >= 0.6 is 0 Å². The molecule has 0 aromatic carbocycles. The maximum atomic E-state index is 13.7. The monoisotopic (exact) mass is 420 g/mol. The molecular formula is C21H36N6O3. The number of urea groups is 3. The van der Waals surface area contributed by atoms with E-state index < -0.39 is 35.1 Å². The third-order valence-electron chi connectivity index (χ3n) is 7.87. The number of carbonyl (C=O) groups excluding carboxylic acids is 3. The predicted molar refractivity (Wildman–Crippen MR) is 112 cm³/mol. The van der Waals surface area contributed by atoms with Gasteiger partial charge in [-0.3, -0.25) is 14.7 Å². The second-order valence-corrected chi connectivity index (χ2v) is 10.4. The number of likely N-dealkylation sites (N-methyl/N-ethyl adjacent to an activating group) is 3. The van der Waals surface area contributed by atoms with Crippen molar-refractivity contribution in [1.82, 2.24) is 29.4 Å². The van der Waals surface area contributed by atoms with Gasteiger partial charge in [0.15, 0.2) is 0 Å². The van der Waals surface area contributed by atoms with Gasteiger partial charge in [-0.25, -0.2) is 14.4 Å². The van der Waals surface area contributed by atoms with E-state index in [4.69, 9.17) is 0 Å². The lowest BCUT2D eigenvalue weighted by atomic mass is 9.90. The molecule has 0 atom stereocenters. The Morgan fingerprint density at radius 2 is 0.733 bits per heavy atom. The summed E-state index contributed by atoms with van der Waals surface area (Å²) in [6, 6.07) is -0.332. The van der Waals surface area contributed by atoms with Gasteiger partial charge in [-0.2, -0.15) is 0 Å². The Balaban J connectivity index is 1.99. The molecule has 0 unspecified atom stereocenters. The minimum absolute atomic E-state index is 0.111. The lowest BCUT2D eigenvalue weighted by Crippen LogP contribution is -2.75. The molecule has 6 amide bonds. The molecule has 0 saturated carbocycles. The fourth-order valence-corrected chi connectivity index (χ4v) is 6.68. The molecule has 0 bridgehead atoms. The average molecular weight is 421 g/mol. The quantitative estimate of drug-likeness (QED) is 0.705. The van der Waals surface area contributed by atoms with Crippen LogP contribution in [-0.4, -0.2) is 102 Å². The second-order valence-electron chi connectivity index (χ2n) is 10.4. The van der Waals surface area contributed by atoms with Crippen molar-refractivity contribution in [3.63, 3.8) is 0 Å². The molecule has 0 aromatic rings. The smallest absolute Gasteiger partial charge is 0.316 e. The molecule has 0 spiro atoms. The minimum atomic E-state index is -0.579. The van der Waals surface area contributed by atoms with E-state index in [0.717, 1.165) is 0 Å². The predicted octanol–water partition coefficient (Wildman–Crippen LogP) is 2.59. The van der Waals surface area contributed by atoms with Gasteiger partial charge in [0.25, 0.3) is 0 Å². The van der Waals surface area contributed by atoms with Crippen molar-refractivity contribution in [2.45, 2.75) is 97.4 Å². The summed E-state index contributed by atoms with van der Waals surface area (Å²) >= 11 is 0. The zero-order chi connectivity index (χ0) is 22.5. The first kappa shape index (κ1) is 21.1. The molecule has 4 saturated heterocycles. The highest BCUT2D eigenvalue weighted by Gasteiger charge is 2.74. The molecule has 4 heterocycles. The highest BCUT2D eigenvalue weighted by atomic mass is 16.2. The summed E-state index contributed by atoms with van der Waals surface area (Å²) in [4.78, 5) is 51.9. The Bertz CT molecular complexity index is 692. The van der Waals surface area contributed by atoms with Crippen LogP contribution < -0.4 is 0 Å². The lowest BCUT2D eigenvalue weighted by Gasteiger charge is -2.55. The standard InChI is InChI=1S/C21H36N6O3/c1-10-22-16(28)25-13(19(22,4)5)26-15(21(8,9)23(11-2)17(26)29)27-14(25)20(6,7)24(12-3)18(27)30/h13-15H,10-12H2,1-9H3. The topological polar surface area (TPSA) is 70.7 Å². The molecule has 30 heavy (non-hydrogen) atoms. The van der Waals surface area contributed by atoms with Gasteiger partial charge < -0.3 is 14.7 Å². The van der Waals surface area contributed by atoms with Crippen molar-refractivity contribution < 1.29 is 14.4 Å². The lowest BCUT2D eigenvalue weighted by molar-refractivity contribution is -0.120. The van der Waals surface area contributed by atoms with Crippen LogP contribution in [0.4, 0.5) is 14.4 Å². The van der Waals surface area contributed by atoms with E-state index in [-0.39, 0.29) is 18.1 Å². The van der Waals surface area contributed by atoms with Crippen molar-refractivity contribution in [3.8, 4) is 0 Å². The van der Waals surface area contributed by atoms with Crippen LogP contribution in [0.15, 0.2) is 0 Å². The number of carbonyl (C=O) groups is 3. The first-order valence-electron chi connectivity index (χ1n) is 11.1. The van der Waals surface area contributed by atoms with E-state index >= 15 is 0 Å². The molecule has 0 aromatic heterocycles. The zero-order valence-corrected chi connectivity index (χ0v) is 19.8. The van der Waals surface area contributed by atoms with E-state index in [9.17, 15) is 14.4 Å². The van der Waals surface area contributed by atoms with Crippen LogP contribution in [0.1, 0.15) is 62.3 Å². The van der Waals surface area contributed by atoms with Crippen molar-refractivity contribution >= 4 is 18.1 Å². The molecule has 4 aliphatic heterocycles. The van der Waals surface area contributed by atoms with Crippen molar-refractivity contribution in [2.24, 2.45) is 0 Å². The van der Waals surface area contributed by atoms with Crippen LogP contribution in [0.5, 0.6) is 0 Å². The van der Waals surface area contributed by atoms with Gasteiger partial charge in [0, 0.05) is 19.6 Å². The van der Waals surface area contributed by atoms with E-state index in [0.29, 0.717) is 19.6 Å². The van der Waals surface area contributed by atoms with Gasteiger partial charge in [-0.1, -0.05) is 0 Å². The molecule has 9 nitrogen and oxygen atoms in total. The van der Waals surface area contributed by atoms with Crippen molar-refractivity contribution in [2.75, 3.05) is 19.6 Å². The Labute approximate surface area is 179 Å². The first-order chi connectivity index (χ1) is 13.8. The Morgan fingerprint density at radius 3 is 0.900 bits per heavy atom. The normalized spacial score (nSPS) is 33.5. The zero-order valence-electron chi connectivity index (χ0n) is 19.8. The molecule has 4 fully saturated rings. The second kappa shape index (κ2) is 5.95. The number of hydrogen-bond acceptors (Lipinski definition) is 3. The van der Waals surface area contributed by atoms with Crippen molar-refractivity contribution in [1.29, 1.82) is 0 Å². The number of amides is 6. The van der Waals surface area contributed by atoms with Crippen LogP contribution in [0.3, 0.4) is 0 Å². The number of fused-ring (bicyclic) bond motifs is 6. The van der Waals surface area contributed by atoms with Gasteiger partial charge >= 0.3 is 18.1 Å². The summed E-state index contributed by atoms with van der Waals surface area (Å²) in [5.74, 6) is 0. The van der Waals surface area contributed by atoms with Crippen LogP contribution in [0.25, 0.3) is 0 Å². The van der Waals surface area contributed by atoms with E-state index in [1.54, 1.807) is 14.7 Å². The Kier molecular flexibility index (Phi) is 4.17. The summed E-state index contributed by atoms with van der Waals surface area (Å²) in [6.07, 6.45) is -1.32. The Morgan fingerprint density at radius 1 is 0.533 bits per heavy atom. The molecular weight excluding hydrogens is 384 g/mol. The molecule has 4 rings (SSSR count). The van der Waals surface area contributed by atoms with Crippen LogP contribution in [0.2, 0.25) is 0 Å². The molecule has 4 aliphatic rings. The fourth-order valence-electron chi connectivity index (χ4n) is 6.68. The number of rotatable bonds is 3. The summed E-state index contributed by atoms with van der Waals surface area (Å²) < 4.78 is 0. The largest absolute Gasteiger partial charge is 0.324 e. The first-order valence-corrected chi connectivity index (χ1v) is 11.1. The van der Waals surface area contributed by atoms with Crippen LogP contribution in [0, 0.1) is 0 Å². The number of hydrogen-bond donors (Lipinski definition) is 0. The van der Waals surface area contributed by atoms with Gasteiger partial charge in [0.1, 0.15) is 18.5 Å². The third-order valence-corrected chi connectivity index (χ3v) is 7.87. The highest BCUT2D eigenvalue weighted by Crippen LogP contribution is 2.53. The highest BCUT2D eigenvalue weighted by molar-refractivity contribution is 5.88. The number of nitrogens with zero attached hydrogens (tertiary/aromatic N) is 6. The molecule has 0 radical (unpaired) electrons. The van der Waals surface area contributed by atoms with Crippen molar-refractivity contribution in [3.05, 3.63) is 0 Å². The SMILES string of the molecule is CCN1C(=O)N2C(N3C(=O)N(CC)C(C)(C)C3N3C(=O)N(CC)C(C)(C)C23)C1(C)C. The Hall–Kier alpha value is -2.19. The third kappa shape index (κ3) is 2.06. The van der Waals surface area contributed by atoms with Gasteiger partial charge in [0.2, 0.25) is 0 Å². The average Bonchev–Trinajstić information content (AvgIpc) is 3.06. The summed E-state index contributed by atoms with van der Waals surface area (Å²) in [5.41, 5.74) is -1.74. The molecule has 168 valence electrons. The summed E-state index contributed by atoms with van der Waals surface area (Å²) in [6.45, 7) is 19.7.